The predicted molar refractivity (Wildman–Crippen MR) is 96.8 cm³/mol. The smallest absolute Gasteiger partial charge is 0.133 e. The molecule has 0 radical (unpaired) electrons. The van der Waals surface area contributed by atoms with Gasteiger partial charge >= 0.3 is 0 Å². The summed E-state index contributed by atoms with van der Waals surface area (Å²) in [6, 6.07) is 18.6. The van der Waals surface area contributed by atoms with Crippen molar-refractivity contribution in [1.82, 2.24) is 4.98 Å². The first-order chi connectivity index (χ1) is 11.1. The van der Waals surface area contributed by atoms with Gasteiger partial charge in [0.15, 0.2) is 0 Å². The van der Waals surface area contributed by atoms with Gasteiger partial charge in [0, 0.05) is 30.9 Å². The fourth-order valence-electron chi connectivity index (χ4n) is 2.33. The Bertz CT molecular complexity index is 853. The number of anilines is 1. The summed E-state index contributed by atoms with van der Waals surface area (Å²) in [6.45, 7) is 2.05. The third kappa shape index (κ3) is 3.10. The summed E-state index contributed by atoms with van der Waals surface area (Å²) < 4.78 is 0. The van der Waals surface area contributed by atoms with E-state index in [-0.39, 0.29) is 0 Å². The summed E-state index contributed by atoms with van der Waals surface area (Å²) in [5.41, 5.74) is 5.13. The molecule has 0 N–H and O–H groups in total. The maximum absolute atomic E-state index is 9.43. The van der Waals surface area contributed by atoms with Crippen LogP contribution in [0.25, 0.3) is 21.8 Å². The monoisotopic (exact) mass is 319 g/mol. The molecule has 0 bridgehead atoms. The van der Waals surface area contributed by atoms with Crippen molar-refractivity contribution in [2.75, 3.05) is 19.0 Å². The second kappa shape index (κ2) is 6.23. The van der Waals surface area contributed by atoms with Crippen LogP contribution < -0.4 is 4.90 Å². The van der Waals surface area contributed by atoms with Crippen LogP contribution in [0.5, 0.6) is 0 Å². The summed E-state index contributed by atoms with van der Waals surface area (Å²) in [5, 5.41) is 10.3. The minimum Gasteiger partial charge on any atom is -0.378 e. The maximum atomic E-state index is 9.43. The van der Waals surface area contributed by atoms with Gasteiger partial charge in [0.1, 0.15) is 16.0 Å². The fraction of sp³-hybridized carbons (Fsp3) is 0.158. The van der Waals surface area contributed by atoms with Crippen LogP contribution in [0, 0.1) is 18.3 Å². The van der Waals surface area contributed by atoms with Gasteiger partial charge in [0.25, 0.3) is 0 Å². The summed E-state index contributed by atoms with van der Waals surface area (Å²) in [7, 11) is 4.03. The molecule has 0 spiro atoms. The third-order valence-electron chi connectivity index (χ3n) is 3.68. The summed E-state index contributed by atoms with van der Waals surface area (Å²) in [5.74, 6) is 0. The SMILES string of the molecule is Cc1ccc(-c2nc(-c3ccc(N(C)C)cc3)sc2C#N)cc1. The van der Waals surface area contributed by atoms with Crippen molar-refractivity contribution in [2.24, 2.45) is 0 Å². The lowest BCUT2D eigenvalue weighted by Crippen LogP contribution is -2.07. The highest BCUT2D eigenvalue weighted by Gasteiger charge is 2.14. The zero-order valence-electron chi connectivity index (χ0n) is 13.4. The Labute approximate surface area is 140 Å². The first kappa shape index (κ1) is 15.3. The van der Waals surface area contributed by atoms with Crippen LogP contribution in [0.4, 0.5) is 5.69 Å². The van der Waals surface area contributed by atoms with E-state index in [1.165, 1.54) is 16.9 Å². The number of thiazole rings is 1. The maximum Gasteiger partial charge on any atom is 0.133 e. The molecule has 0 aliphatic carbocycles. The fourth-order valence-corrected chi connectivity index (χ4v) is 3.22. The molecular formula is C19H17N3S. The molecule has 1 heterocycles. The Hall–Kier alpha value is -2.64. The van der Waals surface area contributed by atoms with Gasteiger partial charge in [-0.1, -0.05) is 29.8 Å². The standard InChI is InChI=1S/C19H17N3S/c1-13-4-6-14(7-5-13)18-17(12-20)23-19(21-18)15-8-10-16(11-9-15)22(2)3/h4-11H,1-3H3. The van der Waals surface area contributed by atoms with E-state index in [9.17, 15) is 5.26 Å². The lowest BCUT2D eigenvalue weighted by Gasteiger charge is -2.11. The molecule has 0 amide bonds. The molecule has 2 aromatic carbocycles. The van der Waals surface area contributed by atoms with Crippen molar-refractivity contribution < 1.29 is 0 Å². The van der Waals surface area contributed by atoms with Gasteiger partial charge in [0.05, 0.1) is 5.69 Å². The van der Waals surface area contributed by atoms with Gasteiger partial charge in [-0.2, -0.15) is 5.26 Å². The van der Waals surface area contributed by atoms with Gasteiger partial charge in [-0.15, -0.1) is 11.3 Å². The Morgan fingerprint density at radius 2 is 1.57 bits per heavy atom. The van der Waals surface area contributed by atoms with E-state index in [1.54, 1.807) is 0 Å². The van der Waals surface area contributed by atoms with Gasteiger partial charge in [0.2, 0.25) is 0 Å². The number of hydrogen-bond donors (Lipinski definition) is 0. The zero-order chi connectivity index (χ0) is 16.4. The summed E-state index contributed by atoms with van der Waals surface area (Å²) in [6.07, 6.45) is 0. The van der Waals surface area contributed by atoms with Crippen molar-refractivity contribution in [2.45, 2.75) is 6.92 Å². The minimum absolute atomic E-state index is 0.653. The zero-order valence-corrected chi connectivity index (χ0v) is 14.2. The van der Waals surface area contributed by atoms with E-state index in [1.807, 2.05) is 57.4 Å². The van der Waals surface area contributed by atoms with Crippen molar-refractivity contribution in [1.29, 1.82) is 5.26 Å². The highest BCUT2D eigenvalue weighted by Crippen LogP contribution is 2.34. The lowest BCUT2D eigenvalue weighted by atomic mass is 10.1. The predicted octanol–water partition coefficient (Wildman–Crippen LogP) is 4.72. The average Bonchev–Trinajstić information content (AvgIpc) is 3.00. The molecule has 0 fully saturated rings. The minimum atomic E-state index is 0.653. The Kier molecular flexibility index (Phi) is 4.14. The first-order valence-corrected chi connectivity index (χ1v) is 8.16. The van der Waals surface area contributed by atoms with Crippen LogP contribution >= 0.6 is 11.3 Å². The molecule has 114 valence electrons. The topological polar surface area (TPSA) is 39.9 Å². The van der Waals surface area contributed by atoms with E-state index < -0.39 is 0 Å². The van der Waals surface area contributed by atoms with E-state index in [2.05, 4.69) is 23.1 Å². The van der Waals surface area contributed by atoms with Crippen LogP contribution in [-0.2, 0) is 0 Å². The molecule has 23 heavy (non-hydrogen) atoms. The van der Waals surface area contributed by atoms with Crippen molar-refractivity contribution in [3.63, 3.8) is 0 Å². The van der Waals surface area contributed by atoms with Gasteiger partial charge < -0.3 is 4.90 Å². The molecule has 3 rings (SSSR count). The van der Waals surface area contributed by atoms with Crippen LogP contribution in [0.3, 0.4) is 0 Å². The molecule has 0 aliphatic heterocycles. The van der Waals surface area contributed by atoms with Gasteiger partial charge in [-0.3, -0.25) is 0 Å². The number of nitriles is 1. The van der Waals surface area contributed by atoms with Gasteiger partial charge in [-0.25, -0.2) is 4.98 Å². The average molecular weight is 319 g/mol. The normalized spacial score (nSPS) is 10.3. The number of nitrogens with zero attached hydrogens (tertiary/aromatic N) is 3. The van der Waals surface area contributed by atoms with Crippen molar-refractivity contribution >= 4 is 17.0 Å². The molecule has 1 aromatic heterocycles. The number of hydrogen-bond acceptors (Lipinski definition) is 4. The Morgan fingerprint density at radius 1 is 0.957 bits per heavy atom. The molecule has 3 nitrogen and oxygen atoms in total. The molecule has 0 atom stereocenters. The quantitative estimate of drug-likeness (QED) is 0.701. The first-order valence-electron chi connectivity index (χ1n) is 7.34. The second-order valence-electron chi connectivity index (χ2n) is 5.62. The number of rotatable bonds is 3. The second-order valence-corrected chi connectivity index (χ2v) is 6.61. The van der Waals surface area contributed by atoms with Crippen LogP contribution in [0.1, 0.15) is 10.4 Å². The van der Waals surface area contributed by atoms with E-state index in [4.69, 9.17) is 4.98 Å². The number of benzene rings is 2. The molecule has 0 aliphatic rings. The highest BCUT2D eigenvalue weighted by molar-refractivity contribution is 7.16. The number of aromatic nitrogens is 1. The van der Waals surface area contributed by atoms with E-state index >= 15 is 0 Å². The van der Waals surface area contributed by atoms with Crippen LogP contribution in [0.15, 0.2) is 48.5 Å². The summed E-state index contributed by atoms with van der Waals surface area (Å²) in [4.78, 5) is 7.42. The summed E-state index contributed by atoms with van der Waals surface area (Å²) >= 11 is 1.44. The Balaban J connectivity index is 2.02. The largest absolute Gasteiger partial charge is 0.378 e. The van der Waals surface area contributed by atoms with Gasteiger partial charge in [-0.05, 0) is 31.2 Å². The third-order valence-corrected chi connectivity index (χ3v) is 4.69. The van der Waals surface area contributed by atoms with Crippen LogP contribution in [0.2, 0.25) is 0 Å². The molecule has 4 heteroatoms. The molecule has 0 saturated heterocycles. The van der Waals surface area contributed by atoms with Crippen LogP contribution in [-0.4, -0.2) is 19.1 Å². The molecule has 0 saturated carbocycles. The van der Waals surface area contributed by atoms with E-state index in [0.717, 1.165) is 27.5 Å². The lowest BCUT2D eigenvalue weighted by molar-refractivity contribution is 1.13. The van der Waals surface area contributed by atoms with Crippen molar-refractivity contribution in [3.05, 3.63) is 59.0 Å². The Morgan fingerprint density at radius 3 is 2.13 bits per heavy atom. The van der Waals surface area contributed by atoms with E-state index in [0.29, 0.717) is 4.88 Å². The van der Waals surface area contributed by atoms with Crippen molar-refractivity contribution in [3.8, 4) is 27.9 Å². The highest BCUT2D eigenvalue weighted by atomic mass is 32.1. The molecular weight excluding hydrogens is 302 g/mol. The molecule has 3 aromatic rings. The molecule has 0 unspecified atom stereocenters. The number of aryl methyl sites for hydroxylation is 1.